The number of carbonyl (C=O) groups excluding carboxylic acids is 3. The number of phenolic OH excluding ortho intramolecular Hbond substituents is 1. The number of rotatable bonds is 10. The Morgan fingerprint density at radius 1 is 1.08 bits per heavy atom. The molecule has 0 fully saturated rings. The van der Waals surface area contributed by atoms with Crippen LogP contribution in [0.1, 0.15) is 64.1 Å². The number of anilines is 1. The first-order valence-corrected chi connectivity index (χ1v) is 12.4. The van der Waals surface area contributed by atoms with E-state index in [0.717, 1.165) is 18.4 Å². The van der Waals surface area contributed by atoms with E-state index in [1.165, 1.54) is 17.0 Å². The van der Waals surface area contributed by atoms with E-state index in [0.29, 0.717) is 29.2 Å². The van der Waals surface area contributed by atoms with Crippen molar-refractivity contribution in [3.05, 3.63) is 58.6 Å². The van der Waals surface area contributed by atoms with Crippen LogP contribution in [-0.2, 0) is 14.3 Å². The van der Waals surface area contributed by atoms with E-state index in [9.17, 15) is 19.5 Å². The Bertz CT molecular complexity index is 1030. The van der Waals surface area contributed by atoms with E-state index in [2.05, 4.69) is 10.6 Å². The molecular weight excluding hydrogens is 482 g/mol. The van der Waals surface area contributed by atoms with Crippen LogP contribution in [0, 0.1) is 6.92 Å². The van der Waals surface area contributed by atoms with E-state index in [1.807, 2.05) is 19.9 Å². The van der Waals surface area contributed by atoms with Crippen molar-refractivity contribution >= 4 is 35.2 Å². The number of nitrogens with zero attached hydrogens (tertiary/aromatic N) is 1. The summed E-state index contributed by atoms with van der Waals surface area (Å²) in [5, 5.41) is 15.5. The highest BCUT2D eigenvalue weighted by Gasteiger charge is 2.32. The zero-order valence-electron chi connectivity index (χ0n) is 21.6. The molecule has 0 aliphatic heterocycles. The van der Waals surface area contributed by atoms with E-state index in [-0.39, 0.29) is 12.3 Å². The van der Waals surface area contributed by atoms with Crippen LogP contribution in [0.15, 0.2) is 42.5 Å². The topological polar surface area (TPSA) is 108 Å². The number of alkyl carbamates (subject to hydrolysis) is 1. The van der Waals surface area contributed by atoms with Crippen LogP contribution in [0.2, 0.25) is 5.02 Å². The standard InChI is InChI=1S/C27H36ClN3O5/c1-6-7-8-16-31(22(33)17-29-26(35)36-27(3,4)5)24(19-12-14-20(32)15-13-19)25(34)30-23-18(2)10-9-11-21(23)28/h9-15,24,32H,6-8,16-17H2,1-5H3,(H,29,35)(H,30,34). The molecule has 36 heavy (non-hydrogen) atoms. The Labute approximate surface area is 218 Å². The summed E-state index contributed by atoms with van der Waals surface area (Å²) in [6.45, 7) is 9.01. The summed E-state index contributed by atoms with van der Waals surface area (Å²) in [5.74, 6) is -0.865. The molecule has 1 atom stereocenters. The van der Waals surface area contributed by atoms with E-state index in [1.54, 1.807) is 45.0 Å². The van der Waals surface area contributed by atoms with Gasteiger partial charge in [0.25, 0.3) is 5.91 Å². The fourth-order valence-electron chi connectivity index (χ4n) is 3.60. The maximum atomic E-state index is 13.7. The van der Waals surface area contributed by atoms with Crippen molar-refractivity contribution in [2.75, 3.05) is 18.4 Å². The minimum absolute atomic E-state index is 0.0373. The summed E-state index contributed by atoms with van der Waals surface area (Å²) in [4.78, 5) is 40.6. The normalized spacial score (nSPS) is 11.9. The molecule has 0 heterocycles. The number of aryl methyl sites for hydroxylation is 1. The lowest BCUT2D eigenvalue weighted by molar-refractivity contribution is -0.138. The number of ether oxygens (including phenoxy) is 1. The summed E-state index contributed by atoms with van der Waals surface area (Å²) in [7, 11) is 0. The molecule has 0 saturated carbocycles. The fourth-order valence-corrected chi connectivity index (χ4v) is 3.87. The van der Waals surface area contributed by atoms with Crippen molar-refractivity contribution in [1.82, 2.24) is 10.2 Å². The van der Waals surface area contributed by atoms with Crippen LogP contribution in [0.4, 0.5) is 10.5 Å². The molecule has 0 aromatic heterocycles. The minimum Gasteiger partial charge on any atom is -0.508 e. The van der Waals surface area contributed by atoms with Gasteiger partial charge in [0, 0.05) is 6.54 Å². The number of nitrogens with one attached hydrogen (secondary N) is 2. The number of para-hydroxylation sites is 1. The molecule has 2 aromatic rings. The summed E-state index contributed by atoms with van der Waals surface area (Å²) < 4.78 is 5.23. The number of halogens is 1. The lowest BCUT2D eigenvalue weighted by Gasteiger charge is -2.32. The van der Waals surface area contributed by atoms with Gasteiger partial charge in [-0.25, -0.2) is 4.79 Å². The first-order chi connectivity index (χ1) is 16.9. The van der Waals surface area contributed by atoms with Gasteiger partial charge >= 0.3 is 6.09 Å². The molecule has 2 rings (SSSR count). The molecule has 1 unspecified atom stereocenters. The lowest BCUT2D eigenvalue weighted by atomic mass is 10.0. The Morgan fingerprint density at radius 3 is 2.33 bits per heavy atom. The Kier molecular flexibility index (Phi) is 10.6. The molecule has 0 bridgehead atoms. The molecule has 3 N–H and O–H groups in total. The predicted molar refractivity (Wildman–Crippen MR) is 141 cm³/mol. The maximum absolute atomic E-state index is 13.7. The lowest BCUT2D eigenvalue weighted by Crippen LogP contribution is -2.47. The third-order valence-corrected chi connectivity index (χ3v) is 5.66. The first-order valence-electron chi connectivity index (χ1n) is 12.0. The Morgan fingerprint density at radius 2 is 1.75 bits per heavy atom. The van der Waals surface area contributed by atoms with Crippen molar-refractivity contribution in [2.45, 2.75) is 65.5 Å². The van der Waals surface area contributed by atoms with Gasteiger partial charge in [-0.1, -0.05) is 55.6 Å². The van der Waals surface area contributed by atoms with Crippen LogP contribution in [-0.4, -0.2) is 46.6 Å². The fraction of sp³-hybridized carbons (Fsp3) is 0.444. The van der Waals surface area contributed by atoms with Crippen molar-refractivity contribution in [2.24, 2.45) is 0 Å². The zero-order chi connectivity index (χ0) is 26.9. The summed E-state index contributed by atoms with van der Waals surface area (Å²) in [5.41, 5.74) is 1.03. The molecule has 8 nitrogen and oxygen atoms in total. The van der Waals surface area contributed by atoms with Crippen LogP contribution in [0.5, 0.6) is 5.75 Å². The highest BCUT2D eigenvalue weighted by atomic mass is 35.5. The average molecular weight is 518 g/mol. The van der Waals surface area contributed by atoms with Crippen LogP contribution >= 0.6 is 11.6 Å². The van der Waals surface area contributed by atoms with Gasteiger partial charge in [-0.15, -0.1) is 0 Å². The second kappa shape index (κ2) is 13.2. The molecule has 0 spiro atoms. The van der Waals surface area contributed by atoms with Gasteiger partial charge in [0.15, 0.2) is 0 Å². The number of benzene rings is 2. The second-order valence-electron chi connectivity index (χ2n) is 9.56. The molecular formula is C27H36ClN3O5. The monoisotopic (exact) mass is 517 g/mol. The minimum atomic E-state index is -1.02. The molecule has 196 valence electrons. The van der Waals surface area contributed by atoms with E-state index >= 15 is 0 Å². The Balaban J connectivity index is 2.39. The van der Waals surface area contributed by atoms with Crippen molar-refractivity contribution in [3.63, 3.8) is 0 Å². The van der Waals surface area contributed by atoms with Gasteiger partial charge in [0.05, 0.1) is 10.7 Å². The van der Waals surface area contributed by atoms with Crippen LogP contribution < -0.4 is 10.6 Å². The molecule has 9 heteroatoms. The number of aromatic hydroxyl groups is 1. The number of carbonyl (C=O) groups is 3. The smallest absolute Gasteiger partial charge is 0.408 e. The number of phenols is 1. The highest BCUT2D eigenvalue weighted by molar-refractivity contribution is 6.34. The Hall–Kier alpha value is -3.26. The third-order valence-electron chi connectivity index (χ3n) is 5.34. The van der Waals surface area contributed by atoms with Gasteiger partial charge in [0.1, 0.15) is 23.9 Å². The van der Waals surface area contributed by atoms with Crippen LogP contribution in [0.3, 0.4) is 0 Å². The molecule has 2 aromatic carbocycles. The van der Waals surface area contributed by atoms with Crippen molar-refractivity contribution < 1.29 is 24.2 Å². The van der Waals surface area contributed by atoms with E-state index < -0.39 is 29.6 Å². The largest absolute Gasteiger partial charge is 0.508 e. The summed E-state index contributed by atoms with van der Waals surface area (Å²) in [6, 6.07) is 10.4. The van der Waals surface area contributed by atoms with Crippen LogP contribution in [0.25, 0.3) is 0 Å². The highest BCUT2D eigenvalue weighted by Crippen LogP contribution is 2.30. The first kappa shape index (κ1) is 29.0. The molecule has 3 amide bonds. The summed E-state index contributed by atoms with van der Waals surface area (Å²) >= 11 is 6.34. The molecule has 0 saturated heterocycles. The second-order valence-corrected chi connectivity index (χ2v) is 9.97. The van der Waals surface area contributed by atoms with Gasteiger partial charge in [-0.3, -0.25) is 9.59 Å². The average Bonchev–Trinajstić information content (AvgIpc) is 2.79. The van der Waals surface area contributed by atoms with Gasteiger partial charge in [-0.05, 0) is 63.4 Å². The quantitative estimate of drug-likeness (QED) is 0.357. The maximum Gasteiger partial charge on any atom is 0.408 e. The number of unbranched alkanes of at least 4 members (excludes halogenated alkanes) is 2. The SMILES string of the molecule is CCCCCN(C(=O)CNC(=O)OC(C)(C)C)C(C(=O)Nc1c(C)cccc1Cl)c1ccc(O)cc1. The van der Waals surface area contributed by atoms with E-state index in [4.69, 9.17) is 16.3 Å². The number of amides is 3. The van der Waals surface area contributed by atoms with Gasteiger partial charge in [-0.2, -0.15) is 0 Å². The van der Waals surface area contributed by atoms with Gasteiger partial charge < -0.3 is 25.4 Å². The zero-order valence-corrected chi connectivity index (χ0v) is 22.3. The predicted octanol–water partition coefficient (Wildman–Crippen LogP) is 5.58. The van der Waals surface area contributed by atoms with Crippen molar-refractivity contribution in [1.29, 1.82) is 0 Å². The third kappa shape index (κ3) is 8.75. The molecule has 0 aliphatic rings. The number of hydrogen-bond acceptors (Lipinski definition) is 5. The number of hydrogen-bond donors (Lipinski definition) is 3. The molecule has 0 aliphatic carbocycles. The molecule has 0 radical (unpaired) electrons. The summed E-state index contributed by atoms with van der Waals surface area (Å²) in [6.07, 6.45) is 1.73. The van der Waals surface area contributed by atoms with Crippen molar-refractivity contribution in [3.8, 4) is 5.75 Å². The van der Waals surface area contributed by atoms with Gasteiger partial charge in [0.2, 0.25) is 5.91 Å².